The maximum absolute atomic E-state index is 11.2. The molecule has 1 saturated heterocycles. The molecular formula is C8H9ClN2O3S. The fourth-order valence-corrected chi connectivity index (χ4v) is 2.06. The molecular weight excluding hydrogens is 240 g/mol. The molecule has 15 heavy (non-hydrogen) atoms. The number of nitrogens with zero attached hydrogens (tertiary/aromatic N) is 1. The molecule has 1 aromatic heterocycles. The van der Waals surface area contributed by atoms with Crippen LogP contribution in [0.4, 0.5) is 0 Å². The zero-order valence-corrected chi connectivity index (χ0v) is 9.52. The van der Waals surface area contributed by atoms with Gasteiger partial charge < -0.3 is 14.8 Å². The van der Waals surface area contributed by atoms with Crippen LogP contribution in [0.5, 0.6) is 5.19 Å². The number of esters is 1. The minimum Gasteiger partial charge on any atom is -0.464 e. The van der Waals surface area contributed by atoms with E-state index >= 15 is 0 Å². The van der Waals surface area contributed by atoms with E-state index in [9.17, 15) is 4.79 Å². The van der Waals surface area contributed by atoms with Crippen molar-refractivity contribution in [3.05, 3.63) is 10.0 Å². The zero-order valence-electron chi connectivity index (χ0n) is 7.95. The highest BCUT2D eigenvalue weighted by Crippen LogP contribution is 2.30. The van der Waals surface area contributed by atoms with E-state index in [0.717, 1.165) is 24.4 Å². The predicted molar refractivity (Wildman–Crippen MR) is 55.7 cm³/mol. The van der Waals surface area contributed by atoms with E-state index in [0.29, 0.717) is 9.53 Å². The molecule has 5 nitrogen and oxygen atoms in total. The predicted octanol–water partition coefficient (Wildman–Crippen LogP) is 0.934. The zero-order chi connectivity index (χ0) is 10.8. The second kappa shape index (κ2) is 4.34. The quantitative estimate of drug-likeness (QED) is 0.807. The molecule has 0 spiro atoms. The SMILES string of the molecule is COC(=O)c1nc(OC2CNC2)sc1Cl. The van der Waals surface area contributed by atoms with E-state index in [4.69, 9.17) is 16.3 Å². The first-order chi connectivity index (χ1) is 7.20. The van der Waals surface area contributed by atoms with Crippen LogP contribution in [-0.2, 0) is 4.74 Å². The molecule has 0 atom stereocenters. The van der Waals surface area contributed by atoms with Crippen molar-refractivity contribution in [1.82, 2.24) is 10.3 Å². The van der Waals surface area contributed by atoms with Crippen LogP contribution in [0.1, 0.15) is 10.5 Å². The summed E-state index contributed by atoms with van der Waals surface area (Å²) in [4.78, 5) is 15.2. The topological polar surface area (TPSA) is 60.5 Å². The summed E-state index contributed by atoms with van der Waals surface area (Å²) in [6.07, 6.45) is 0.123. The molecule has 1 aromatic rings. The van der Waals surface area contributed by atoms with Crippen molar-refractivity contribution in [2.45, 2.75) is 6.10 Å². The third-order valence-corrected chi connectivity index (χ3v) is 3.10. The summed E-state index contributed by atoms with van der Waals surface area (Å²) in [5.41, 5.74) is 0.117. The second-order valence-corrected chi connectivity index (χ2v) is 4.56. The normalized spacial score (nSPS) is 15.9. The minimum atomic E-state index is -0.544. The van der Waals surface area contributed by atoms with Crippen LogP contribution >= 0.6 is 22.9 Å². The molecule has 7 heteroatoms. The number of aromatic nitrogens is 1. The Morgan fingerprint density at radius 1 is 1.67 bits per heavy atom. The highest BCUT2D eigenvalue weighted by Gasteiger charge is 2.23. The molecule has 0 saturated carbocycles. The van der Waals surface area contributed by atoms with Crippen molar-refractivity contribution in [1.29, 1.82) is 0 Å². The fourth-order valence-electron chi connectivity index (χ4n) is 1.04. The van der Waals surface area contributed by atoms with E-state index in [1.54, 1.807) is 0 Å². The number of ether oxygens (including phenoxy) is 2. The number of rotatable bonds is 3. The average molecular weight is 249 g/mol. The second-order valence-electron chi connectivity index (χ2n) is 2.99. The van der Waals surface area contributed by atoms with E-state index in [-0.39, 0.29) is 11.8 Å². The van der Waals surface area contributed by atoms with Gasteiger partial charge in [-0.3, -0.25) is 0 Å². The van der Waals surface area contributed by atoms with Gasteiger partial charge in [0.1, 0.15) is 10.4 Å². The molecule has 1 aliphatic rings. The van der Waals surface area contributed by atoms with E-state index in [1.165, 1.54) is 7.11 Å². The maximum atomic E-state index is 11.2. The Hall–Kier alpha value is -0.850. The molecule has 2 rings (SSSR count). The van der Waals surface area contributed by atoms with Crippen LogP contribution in [0.2, 0.25) is 4.34 Å². The van der Waals surface area contributed by atoms with Crippen molar-refractivity contribution >= 4 is 28.9 Å². The van der Waals surface area contributed by atoms with Crippen LogP contribution in [0.3, 0.4) is 0 Å². The molecule has 1 fully saturated rings. The average Bonchev–Trinajstić information content (AvgIpc) is 2.52. The summed E-state index contributed by atoms with van der Waals surface area (Å²) in [5, 5.41) is 3.47. The molecule has 82 valence electrons. The van der Waals surface area contributed by atoms with E-state index in [1.807, 2.05) is 0 Å². The standard InChI is InChI=1S/C8H9ClN2O3S/c1-13-7(12)5-6(9)15-8(11-5)14-4-2-10-3-4/h4,10H,2-3H2,1H3. The van der Waals surface area contributed by atoms with Gasteiger partial charge in [-0.1, -0.05) is 22.9 Å². The Bertz CT molecular complexity index is 378. The van der Waals surface area contributed by atoms with Crippen LogP contribution in [-0.4, -0.2) is 37.3 Å². The van der Waals surface area contributed by atoms with Crippen molar-refractivity contribution in [2.24, 2.45) is 0 Å². The number of nitrogens with one attached hydrogen (secondary N) is 1. The number of thiazole rings is 1. The van der Waals surface area contributed by atoms with Crippen LogP contribution in [0.15, 0.2) is 0 Å². The van der Waals surface area contributed by atoms with Crippen LogP contribution in [0, 0.1) is 0 Å². The highest BCUT2D eigenvalue weighted by atomic mass is 35.5. The van der Waals surface area contributed by atoms with E-state index in [2.05, 4.69) is 15.0 Å². The fraction of sp³-hybridized carbons (Fsp3) is 0.500. The third kappa shape index (κ3) is 2.22. The van der Waals surface area contributed by atoms with Gasteiger partial charge in [0.15, 0.2) is 5.69 Å². The number of halogens is 1. The van der Waals surface area contributed by atoms with Gasteiger partial charge in [0.05, 0.1) is 7.11 Å². The highest BCUT2D eigenvalue weighted by molar-refractivity contribution is 7.17. The lowest BCUT2D eigenvalue weighted by Crippen LogP contribution is -2.50. The lowest BCUT2D eigenvalue weighted by molar-refractivity contribution is 0.0593. The summed E-state index contributed by atoms with van der Waals surface area (Å²) >= 11 is 6.96. The number of hydrogen-bond donors (Lipinski definition) is 1. The first-order valence-electron chi connectivity index (χ1n) is 4.32. The summed E-state index contributed by atoms with van der Waals surface area (Å²) in [6.45, 7) is 1.59. The summed E-state index contributed by atoms with van der Waals surface area (Å²) < 4.78 is 10.3. The third-order valence-electron chi connectivity index (χ3n) is 1.96. The Labute approximate surface area is 95.4 Å². The summed E-state index contributed by atoms with van der Waals surface area (Å²) in [7, 11) is 1.29. The van der Waals surface area contributed by atoms with Crippen LogP contribution in [0.25, 0.3) is 0 Å². The molecule has 0 unspecified atom stereocenters. The monoisotopic (exact) mass is 248 g/mol. The van der Waals surface area contributed by atoms with Gasteiger partial charge in [0, 0.05) is 13.1 Å². The van der Waals surface area contributed by atoms with Crippen molar-refractivity contribution < 1.29 is 14.3 Å². The lowest BCUT2D eigenvalue weighted by Gasteiger charge is -2.26. The largest absolute Gasteiger partial charge is 0.464 e. The maximum Gasteiger partial charge on any atom is 0.359 e. The smallest absolute Gasteiger partial charge is 0.359 e. The lowest BCUT2D eigenvalue weighted by atomic mass is 10.2. The Kier molecular flexibility index (Phi) is 3.08. The molecule has 2 heterocycles. The van der Waals surface area contributed by atoms with Gasteiger partial charge >= 0.3 is 5.97 Å². The number of carbonyl (C=O) groups excluding carboxylic acids is 1. The Morgan fingerprint density at radius 3 is 2.93 bits per heavy atom. The van der Waals surface area contributed by atoms with Crippen LogP contribution < -0.4 is 10.1 Å². The molecule has 1 N–H and O–H groups in total. The molecule has 0 aromatic carbocycles. The minimum absolute atomic E-state index is 0.117. The Morgan fingerprint density at radius 2 is 2.40 bits per heavy atom. The van der Waals surface area contributed by atoms with Crippen molar-refractivity contribution in [2.75, 3.05) is 20.2 Å². The first-order valence-corrected chi connectivity index (χ1v) is 5.52. The number of carbonyl (C=O) groups is 1. The summed E-state index contributed by atoms with van der Waals surface area (Å²) in [5.74, 6) is -0.544. The van der Waals surface area contributed by atoms with Gasteiger partial charge in [-0.15, -0.1) is 0 Å². The molecule has 0 aliphatic carbocycles. The molecule has 0 radical (unpaired) electrons. The number of hydrogen-bond acceptors (Lipinski definition) is 6. The molecule has 0 amide bonds. The first kappa shape index (κ1) is 10.7. The molecule has 1 aliphatic heterocycles. The molecule has 0 bridgehead atoms. The number of methoxy groups -OCH3 is 1. The summed E-state index contributed by atoms with van der Waals surface area (Å²) in [6, 6.07) is 0. The van der Waals surface area contributed by atoms with Gasteiger partial charge in [-0.05, 0) is 0 Å². The Balaban J connectivity index is 2.09. The van der Waals surface area contributed by atoms with Gasteiger partial charge in [-0.2, -0.15) is 4.98 Å². The van der Waals surface area contributed by atoms with Crippen molar-refractivity contribution in [3.8, 4) is 5.19 Å². The van der Waals surface area contributed by atoms with Gasteiger partial charge in [0.2, 0.25) is 0 Å². The van der Waals surface area contributed by atoms with Gasteiger partial charge in [-0.25, -0.2) is 4.79 Å². The van der Waals surface area contributed by atoms with Gasteiger partial charge in [0.25, 0.3) is 5.19 Å². The van der Waals surface area contributed by atoms with Crippen molar-refractivity contribution in [3.63, 3.8) is 0 Å². The van der Waals surface area contributed by atoms with E-state index < -0.39 is 5.97 Å².